The van der Waals surface area contributed by atoms with E-state index in [1.54, 1.807) is 6.26 Å². The SMILES string of the molecule is Nc1coc2cccc-2c1. The van der Waals surface area contributed by atoms with Gasteiger partial charge in [0.2, 0.25) is 0 Å². The van der Waals surface area contributed by atoms with Crippen LogP contribution in [-0.2, 0) is 0 Å². The smallest absolute Gasteiger partial charge is 0.133 e. The summed E-state index contributed by atoms with van der Waals surface area (Å²) in [4.78, 5) is 0. The third kappa shape index (κ3) is 0.658. The molecule has 0 unspecified atom stereocenters. The van der Waals surface area contributed by atoms with E-state index < -0.39 is 0 Å². The molecule has 2 heteroatoms. The van der Waals surface area contributed by atoms with Gasteiger partial charge in [-0.2, -0.15) is 0 Å². The minimum absolute atomic E-state index is 0.665. The van der Waals surface area contributed by atoms with Crippen LogP contribution in [0.3, 0.4) is 0 Å². The molecule has 0 aromatic heterocycles. The van der Waals surface area contributed by atoms with E-state index in [1.165, 1.54) is 0 Å². The van der Waals surface area contributed by atoms with Gasteiger partial charge in [0.15, 0.2) is 0 Å². The van der Waals surface area contributed by atoms with Crippen molar-refractivity contribution in [1.82, 2.24) is 0 Å². The summed E-state index contributed by atoms with van der Waals surface area (Å²) in [6.07, 6.45) is 1.54. The third-order valence-corrected chi connectivity index (χ3v) is 1.45. The van der Waals surface area contributed by atoms with Crippen molar-refractivity contribution in [3.8, 4) is 11.3 Å². The summed E-state index contributed by atoms with van der Waals surface area (Å²) in [5.41, 5.74) is 7.21. The molecular weight excluding hydrogens is 126 g/mol. The molecule has 0 saturated heterocycles. The average Bonchev–Trinajstić information content (AvgIpc) is 2.33. The summed E-state index contributed by atoms with van der Waals surface area (Å²) in [7, 11) is 0. The molecule has 0 aromatic carbocycles. The number of anilines is 1. The Balaban J connectivity index is 2.75. The van der Waals surface area contributed by atoms with Crippen LogP contribution in [-0.4, -0.2) is 0 Å². The Labute approximate surface area is 58.6 Å². The zero-order chi connectivity index (χ0) is 6.97. The molecule has 2 nitrogen and oxygen atoms in total. The van der Waals surface area contributed by atoms with Crippen LogP contribution in [0.5, 0.6) is 0 Å². The fourth-order valence-electron chi connectivity index (χ4n) is 0.989. The van der Waals surface area contributed by atoms with Crippen LogP contribution in [0.4, 0.5) is 5.69 Å². The van der Waals surface area contributed by atoms with Crippen molar-refractivity contribution < 1.29 is 4.42 Å². The second kappa shape index (κ2) is 1.77. The fraction of sp³-hybridized carbons (Fsp3) is 0. The molecule has 0 atom stereocenters. The molecule has 2 N–H and O–H groups in total. The highest BCUT2D eigenvalue weighted by atomic mass is 16.3. The highest BCUT2D eigenvalue weighted by Crippen LogP contribution is 2.24. The number of hydrogen-bond donors (Lipinski definition) is 1. The molecule has 2 rings (SSSR count). The molecule has 0 saturated carbocycles. The van der Waals surface area contributed by atoms with Gasteiger partial charge in [-0.15, -0.1) is 0 Å². The van der Waals surface area contributed by atoms with Crippen LogP contribution >= 0.6 is 0 Å². The van der Waals surface area contributed by atoms with Crippen molar-refractivity contribution in [3.63, 3.8) is 0 Å². The lowest BCUT2D eigenvalue weighted by Gasteiger charge is -1.97. The summed E-state index contributed by atoms with van der Waals surface area (Å²) in [5, 5.41) is 0. The van der Waals surface area contributed by atoms with E-state index >= 15 is 0 Å². The Hall–Kier alpha value is -1.44. The molecule has 0 amide bonds. The molecular formula is C8H7NO. The molecule has 1 aliphatic heterocycles. The van der Waals surface area contributed by atoms with Gasteiger partial charge >= 0.3 is 0 Å². The summed E-state index contributed by atoms with van der Waals surface area (Å²) in [6.45, 7) is 0. The van der Waals surface area contributed by atoms with Crippen LogP contribution in [0.1, 0.15) is 0 Å². The van der Waals surface area contributed by atoms with Crippen LogP contribution < -0.4 is 5.73 Å². The van der Waals surface area contributed by atoms with Crippen molar-refractivity contribution in [3.05, 3.63) is 30.5 Å². The lowest BCUT2D eigenvalue weighted by molar-refractivity contribution is 0.570. The molecule has 50 valence electrons. The molecule has 1 heterocycles. The van der Waals surface area contributed by atoms with Gasteiger partial charge < -0.3 is 10.2 Å². The van der Waals surface area contributed by atoms with Crippen LogP contribution in [0, 0.1) is 0 Å². The molecule has 0 aromatic rings. The summed E-state index contributed by atoms with van der Waals surface area (Å²) in [6, 6.07) is 7.70. The first kappa shape index (κ1) is 5.35. The molecule has 0 radical (unpaired) electrons. The van der Waals surface area contributed by atoms with Crippen LogP contribution in [0.25, 0.3) is 11.3 Å². The van der Waals surface area contributed by atoms with Gasteiger partial charge in [0.1, 0.15) is 12.0 Å². The highest BCUT2D eigenvalue weighted by Gasteiger charge is 2.02. The van der Waals surface area contributed by atoms with Crippen molar-refractivity contribution in [2.45, 2.75) is 0 Å². The monoisotopic (exact) mass is 133 g/mol. The average molecular weight is 133 g/mol. The van der Waals surface area contributed by atoms with Crippen molar-refractivity contribution >= 4 is 5.69 Å². The Bertz CT molecular complexity index is 313. The number of nitrogen functional groups attached to an aromatic ring is 1. The Morgan fingerprint density at radius 3 is 3.10 bits per heavy atom. The van der Waals surface area contributed by atoms with E-state index in [0.717, 1.165) is 11.3 Å². The standard InChI is InChI=1S/C8H7NO/c9-7-4-6-2-1-3-8(6)10-5-7/h1-5H,9H2. The topological polar surface area (TPSA) is 39.2 Å². The first-order valence-electron chi connectivity index (χ1n) is 3.09. The second-order valence-corrected chi connectivity index (χ2v) is 2.23. The van der Waals surface area contributed by atoms with Gasteiger partial charge in [0, 0.05) is 5.56 Å². The van der Waals surface area contributed by atoms with Crippen LogP contribution in [0.15, 0.2) is 34.9 Å². The largest absolute Gasteiger partial charge is 0.462 e. The molecule has 1 aliphatic carbocycles. The van der Waals surface area contributed by atoms with E-state index in [9.17, 15) is 0 Å². The van der Waals surface area contributed by atoms with Gasteiger partial charge in [-0.1, -0.05) is 12.1 Å². The number of fused-ring (bicyclic) bond motifs is 1. The zero-order valence-corrected chi connectivity index (χ0v) is 5.37. The fourth-order valence-corrected chi connectivity index (χ4v) is 0.989. The van der Waals surface area contributed by atoms with Gasteiger partial charge in [0.05, 0.1) is 5.69 Å². The quantitative estimate of drug-likeness (QED) is 0.596. The van der Waals surface area contributed by atoms with Gasteiger partial charge in [-0.3, -0.25) is 0 Å². The maximum absolute atomic E-state index is 5.49. The molecule has 2 aliphatic rings. The zero-order valence-electron chi connectivity index (χ0n) is 5.37. The maximum atomic E-state index is 5.49. The second-order valence-electron chi connectivity index (χ2n) is 2.23. The van der Waals surface area contributed by atoms with E-state index in [1.807, 2.05) is 24.3 Å². The van der Waals surface area contributed by atoms with E-state index in [2.05, 4.69) is 0 Å². The van der Waals surface area contributed by atoms with E-state index in [0.29, 0.717) is 5.69 Å². The van der Waals surface area contributed by atoms with Crippen molar-refractivity contribution in [1.29, 1.82) is 0 Å². The van der Waals surface area contributed by atoms with Gasteiger partial charge in [0.25, 0.3) is 0 Å². The molecule has 0 bridgehead atoms. The Kier molecular flexibility index (Phi) is 0.947. The van der Waals surface area contributed by atoms with Gasteiger partial charge in [-0.05, 0) is 12.1 Å². The lowest BCUT2D eigenvalue weighted by atomic mass is 10.2. The third-order valence-electron chi connectivity index (χ3n) is 1.45. The van der Waals surface area contributed by atoms with E-state index in [4.69, 9.17) is 10.2 Å². The Morgan fingerprint density at radius 2 is 2.20 bits per heavy atom. The molecule has 0 fully saturated rings. The van der Waals surface area contributed by atoms with Crippen molar-refractivity contribution in [2.24, 2.45) is 0 Å². The van der Waals surface area contributed by atoms with E-state index in [-0.39, 0.29) is 0 Å². The normalized spacial score (nSPS) is 10.4. The van der Waals surface area contributed by atoms with Crippen molar-refractivity contribution in [2.75, 3.05) is 5.73 Å². The molecule has 10 heavy (non-hydrogen) atoms. The highest BCUT2D eigenvalue weighted by molar-refractivity contribution is 5.64. The number of nitrogens with two attached hydrogens (primary N) is 1. The van der Waals surface area contributed by atoms with Gasteiger partial charge in [-0.25, -0.2) is 0 Å². The predicted molar refractivity (Wildman–Crippen MR) is 39.7 cm³/mol. The minimum atomic E-state index is 0.665. The first-order valence-corrected chi connectivity index (χ1v) is 3.09. The molecule has 0 spiro atoms. The summed E-state index contributed by atoms with van der Waals surface area (Å²) in [5.74, 6) is 0.884. The maximum Gasteiger partial charge on any atom is 0.133 e. The summed E-state index contributed by atoms with van der Waals surface area (Å²) < 4.78 is 5.16. The number of rotatable bonds is 0. The predicted octanol–water partition coefficient (Wildman–Crippen LogP) is 1.97. The minimum Gasteiger partial charge on any atom is -0.462 e. The Morgan fingerprint density at radius 1 is 1.30 bits per heavy atom. The number of hydrogen-bond acceptors (Lipinski definition) is 2. The first-order chi connectivity index (χ1) is 4.86. The van der Waals surface area contributed by atoms with Crippen LogP contribution in [0.2, 0.25) is 0 Å². The summed E-state index contributed by atoms with van der Waals surface area (Å²) >= 11 is 0. The lowest BCUT2D eigenvalue weighted by Crippen LogP contribution is -1.83.